The van der Waals surface area contributed by atoms with Crippen LogP contribution in [0.5, 0.6) is 0 Å². The second-order valence-corrected chi connectivity index (χ2v) is 6.06. The third kappa shape index (κ3) is 2.20. The van der Waals surface area contributed by atoms with Gasteiger partial charge in [-0.1, -0.05) is 6.07 Å². The molecule has 1 aromatic rings. The number of hydrogen-bond acceptors (Lipinski definition) is 4. The highest BCUT2D eigenvalue weighted by molar-refractivity contribution is 7.90. The highest BCUT2D eigenvalue weighted by Gasteiger charge is 2.20. The van der Waals surface area contributed by atoms with Gasteiger partial charge >= 0.3 is 0 Å². The predicted molar refractivity (Wildman–Crippen MR) is 61.9 cm³/mol. The first-order chi connectivity index (χ1) is 7.48. The van der Waals surface area contributed by atoms with Gasteiger partial charge in [0, 0.05) is 12.9 Å². The van der Waals surface area contributed by atoms with Gasteiger partial charge < -0.3 is 10.5 Å². The van der Waals surface area contributed by atoms with Crippen LogP contribution in [-0.4, -0.2) is 21.3 Å². The first kappa shape index (κ1) is 11.4. The number of benzene rings is 1. The Kier molecular flexibility index (Phi) is 2.90. The maximum Gasteiger partial charge on any atom is 0.177 e. The van der Waals surface area contributed by atoms with E-state index in [1.54, 1.807) is 12.1 Å². The molecule has 1 fully saturated rings. The van der Waals surface area contributed by atoms with Crippen LogP contribution < -0.4 is 5.73 Å². The molecule has 1 heterocycles. The van der Waals surface area contributed by atoms with E-state index in [4.69, 9.17) is 10.5 Å². The molecule has 1 aromatic carbocycles. The molecule has 0 bridgehead atoms. The number of hydrogen-bond donors (Lipinski definition) is 1. The molecule has 1 aliphatic rings. The standard InChI is InChI=1S/C11H15NO3S/c1-16(13,14)11-7-8(4-5-9(11)12)10-3-2-6-15-10/h4-5,7,10H,2-3,6,12H2,1H3/t10-/m0/s1. The molecule has 0 radical (unpaired) electrons. The zero-order valence-electron chi connectivity index (χ0n) is 9.14. The van der Waals surface area contributed by atoms with Crippen molar-refractivity contribution in [2.24, 2.45) is 0 Å². The molecule has 2 rings (SSSR count). The highest BCUT2D eigenvalue weighted by atomic mass is 32.2. The first-order valence-corrected chi connectivity index (χ1v) is 7.09. The Morgan fingerprint density at radius 3 is 2.75 bits per heavy atom. The van der Waals surface area contributed by atoms with Crippen LogP contribution >= 0.6 is 0 Å². The minimum Gasteiger partial charge on any atom is -0.398 e. The number of nitrogen functional groups attached to an aromatic ring is 1. The summed E-state index contributed by atoms with van der Waals surface area (Å²) in [4.78, 5) is 0.195. The van der Waals surface area contributed by atoms with Gasteiger partial charge in [-0.2, -0.15) is 0 Å². The van der Waals surface area contributed by atoms with Gasteiger partial charge in [0.25, 0.3) is 0 Å². The van der Waals surface area contributed by atoms with Gasteiger partial charge in [0.05, 0.1) is 16.7 Å². The van der Waals surface area contributed by atoms with Crippen LogP contribution in [0, 0.1) is 0 Å². The largest absolute Gasteiger partial charge is 0.398 e. The summed E-state index contributed by atoms with van der Waals surface area (Å²) in [7, 11) is -3.27. The molecular weight excluding hydrogens is 226 g/mol. The summed E-state index contributed by atoms with van der Waals surface area (Å²) >= 11 is 0. The average Bonchev–Trinajstić information content (AvgIpc) is 2.69. The molecule has 1 atom stereocenters. The molecule has 4 nitrogen and oxygen atoms in total. The summed E-state index contributed by atoms with van der Waals surface area (Å²) < 4.78 is 28.5. The van der Waals surface area contributed by atoms with E-state index in [-0.39, 0.29) is 11.0 Å². The predicted octanol–water partition coefficient (Wildman–Crippen LogP) is 1.52. The topological polar surface area (TPSA) is 69.4 Å². The second kappa shape index (κ2) is 4.07. The Bertz CT molecular complexity index is 490. The van der Waals surface area contributed by atoms with Crippen LogP contribution in [0.15, 0.2) is 23.1 Å². The molecule has 1 aliphatic heterocycles. The summed E-state index contributed by atoms with van der Waals surface area (Å²) in [5.74, 6) is 0. The van der Waals surface area contributed by atoms with Crippen molar-refractivity contribution in [3.63, 3.8) is 0 Å². The van der Waals surface area contributed by atoms with E-state index in [1.165, 1.54) is 0 Å². The van der Waals surface area contributed by atoms with Gasteiger partial charge in [-0.3, -0.25) is 0 Å². The van der Waals surface area contributed by atoms with Crippen molar-refractivity contribution in [3.8, 4) is 0 Å². The zero-order valence-corrected chi connectivity index (χ0v) is 9.96. The van der Waals surface area contributed by atoms with Crippen LogP contribution in [0.1, 0.15) is 24.5 Å². The summed E-state index contributed by atoms with van der Waals surface area (Å²) in [6.07, 6.45) is 3.13. The number of ether oxygens (including phenoxy) is 1. The third-order valence-corrected chi connectivity index (χ3v) is 3.89. The first-order valence-electron chi connectivity index (χ1n) is 5.19. The Balaban J connectivity index is 2.43. The quantitative estimate of drug-likeness (QED) is 0.797. The van der Waals surface area contributed by atoms with Gasteiger partial charge in [-0.05, 0) is 30.5 Å². The Morgan fingerprint density at radius 1 is 1.44 bits per heavy atom. The Morgan fingerprint density at radius 2 is 2.19 bits per heavy atom. The van der Waals surface area contributed by atoms with Crippen LogP contribution in [0.2, 0.25) is 0 Å². The summed E-state index contributed by atoms with van der Waals surface area (Å²) in [5, 5.41) is 0. The average molecular weight is 241 g/mol. The second-order valence-electron chi connectivity index (χ2n) is 4.07. The van der Waals surface area contributed by atoms with E-state index in [0.29, 0.717) is 5.69 Å². The molecule has 0 aromatic heterocycles. The maximum absolute atomic E-state index is 11.5. The monoisotopic (exact) mass is 241 g/mol. The van der Waals surface area contributed by atoms with Crippen LogP contribution in [-0.2, 0) is 14.6 Å². The number of rotatable bonds is 2. The van der Waals surface area contributed by atoms with Crippen LogP contribution in [0.4, 0.5) is 5.69 Å². The van der Waals surface area contributed by atoms with Crippen LogP contribution in [0.25, 0.3) is 0 Å². The molecule has 5 heteroatoms. The van der Waals surface area contributed by atoms with E-state index >= 15 is 0 Å². The van der Waals surface area contributed by atoms with Gasteiger partial charge in [-0.25, -0.2) is 8.42 Å². The lowest BCUT2D eigenvalue weighted by molar-refractivity contribution is 0.112. The molecule has 2 N–H and O–H groups in total. The number of anilines is 1. The van der Waals surface area contributed by atoms with Crippen molar-refractivity contribution in [1.29, 1.82) is 0 Å². The highest BCUT2D eigenvalue weighted by Crippen LogP contribution is 2.31. The fourth-order valence-corrected chi connectivity index (χ4v) is 2.76. The van der Waals surface area contributed by atoms with Crippen molar-refractivity contribution in [2.45, 2.75) is 23.8 Å². The lowest BCUT2D eigenvalue weighted by Gasteiger charge is -2.12. The molecule has 0 unspecified atom stereocenters. The van der Waals surface area contributed by atoms with Gasteiger partial charge in [0.2, 0.25) is 0 Å². The summed E-state index contributed by atoms with van der Waals surface area (Å²) in [6.45, 7) is 0.739. The molecular formula is C11H15NO3S. The molecule has 0 aliphatic carbocycles. The Hall–Kier alpha value is -1.07. The van der Waals surface area contributed by atoms with E-state index in [1.807, 2.05) is 6.07 Å². The molecule has 16 heavy (non-hydrogen) atoms. The zero-order chi connectivity index (χ0) is 11.8. The smallest absolute Gasteiger partial charge is 0.177 e. The van der Waals surface area contributed by atoms with Crippen molar-refractivity contribution in [3.05, 3.63) is 23.8 Å². The fourth-order valence-electron chi connectivity index (χ4n) is 1.91. The normalized spacial score (nSPS) is 21.2. The van der Waals surface area contributed by atoms with E-state index < -0.39 is 9.84 Å². The lowest BCUT2D eigenvalue weighted by atomic mass is 10.1. The number of sulfone groups is 1. The minimum absolute atomic E-state index is 0.0149. The SMILES string of the molecule is CS(=O)(=O)c1cc([C@@H]2CCCO2)ccc1N. The minimum atomic E-state index is -3.27. The summed E-state index contributed by atoms with van der Waals surface area (Å²) in [5.41, 5.74) is 6.85. The fraction of sp³-hybridized carbons (Fsp3) is 0.455. The molecule has 0 amide bonds. The van der Waals surface area contributed by atoms with E-state index in [0.717, 1.165) is 31.3 Å². The van der Waals surface area contributed by atoms with Crippen molar-refractivity contribution in [1.82, 2.24) is 0 Å². The van der Waals surface area contributed by atoms with Gasteiger partial charge in [-0.15, -0.1) is 0 Å². The van der Waals surface area contributed by atoms with Crippen molar-refractivity contribution >= 4 is 15.5 Å². The van der Waals surface area contributed by atoms with Crippen LogP contribution in [0.3, 0.4) is 0 Å². The molecule has 88 valence electrons. The van der Waals surface area contributed by atoms with Gasteiger partial charge in [0.1, 0.15) is 0 Å². The maximum atomic E-state index is 11.5. The van der Waals surface area contributed by atoms with Crippen molar-refractivity contribution in [2.75, 3.05) is 18.6 Å². The Labute approximate surface area is 95.3 Å². The molecule has 0 saturated carbocycles. The van der Waals surface area contributed by atoms with Crippen molar-refractivity contribution < 1.29 is 13.2 Å². The molecule has 0 spiro atoms. The van der Waals surface area contributed by atoms with Gasteiger partial charge in [0.15, 0.2) is 9.84 Å². The summed E-state index contributed by atoms with van der Waals surface area (Å²) in [6, 6.07) is 5.09. The van der Waals surface area contributed by atoms with E-state index in [2.05, 4.69) is 0 Å². The third-order valence-electron chi connectivity index (χ3n) is 2.74. The lowest BCUT2D eigenvalue weighted by Crippen LogP contribution is -2.05. The molecule has 1 saturated heterocycles. The number of nitrogens with two attached hydrogens (primary N) is 1. The van der Waals surface area contributed by atoms with E-state index in [9.17, 15) is 8.42 Å².